The molecule has 1 saturated heterocycles. The number of anilines is 1. The van der Waals surface area contributed by atoms with E-state index in [1.807, 2.05) is 43.3 Å². The van der Waals surface area contributed by atoms with Gasteiger partial charge in [0.15, 0.2) is 0 Å². The predicted octanol–water partition coefficient (Wildman–Crippen LogP) is 5.03. The van der Waals surface area contributed by atoms with Crippen molar-refractivity contribution in [1.29, 1.82) is 0 Å². The normalized spacial score (nSPS) is 16.0. The molecule has 0 aliphatic carbocycles. The van der Waals surface area contributed by atoms with Gasteiger partial charge in [-0.25, -0.2) is 4.98 Å². The van der Waals surface area contributed by atoms with Gasteiger partial charge in [0.25, 0.3) is 0 Å². The zero-order valence-corrected chi connectivity index (χ0v) is 17.7. The first kappa shape index (κ1) is 20.5. The van der Waals surface area contributed by atoms with Crippen LogP contribution in [0.5, 0.6) is 17.4 Å². The smallest absolute Gasteiger partial charge is 0.232 e. The Morgan fingerprint density at radius 1 is 1.17 bits per heavy atom. The number of aliphatic hydroxyl groups excluding tert-OH is 1. The SMILES string of the molecule is Cc1ccccc1Oc1ccc(N2CCC(Oc3ncccc3Cl)C2)c(CCO)c1. The van der Waals surface area contributed by atoms with E-state index in [2.05, 4.69) is 16.0 Å². The molecule has 0 bridgehead atoms. The minimum atomic E-state index is 0.0160. The quantitative estimate of drug-likeness (QED) is 0.576. The van der Waals surface area contributed by atoms with Gasteiger partial charge in [-0.05, 0) is 60.9 Å². The van der Waals surface area contributed by atoms with E-state index in [1.165, 1.54) is 0 Å². The topological polar surface area (TPSA) is 54.8 Å². The minimum Gasteiger partial charge on any atom is -0.471 e. The van der Waals surface area contributed by atoms with Gasteiger partial charge in [0.05, 0.1) is 6.54 Å². The lowest BCUT2D eigenvalue weighted by molar-refractivity contribution is 0.216. The van der Waals surface area contributed by atoms with Crippen LogP contribution in [0.25, 0.3) is 0 Å². The average molecular weight is 425 g/mol. The third-order valence-electron chi connectivity index (χ3n) is 5.24. The number of hydrogen-bond donors (Lipinski definition) is 1. The number of aliphatic hydroxyl groups is 1. The van der Waals surface area contributed by atoms with Gasteiger partial charge in [0.1, 0.15) is 22.6 Å². The fourth-order valence-electron chi connectivity index (χ4n) is 3.71. The van der Waals surface area contributed by atoms with E-state index in [0.29, 0.717) is 17.3 Å². The van der Waals surface area contributed by atoms with E-state index >= 15 is 0 Å². The van der Waals surface area contributed by atoms with Crippen LogP contribution in [0.15, 0.2) is 60.8 Å². The number of hydrogen-bond acceptors (Lipinski definition) is 5. The maximum Gasteiger partial charge on any atom is 0.232 e. The molecule has 1 aliphatic rings. The molecule has 1 N–H and O–H groups in total. The molecule has 2 aromatic carbocycles. The molecule has 1 aliphatic heterocycles. The lowest BCUT2D eigenvalue weighted by Gasteiger charge is -2.23. The monoisotopic (exact) mass is 424 g/mol. The molecule has 0 spiro atoms. The fourth-order valence-corrected chi connectivity index (χ4v) is 3.88. The molecule has 1 fully saturated rings. The Bertz CT molecular complexity index is 1010. The van der Waals surface area contributed by atoms with Crippen molar-refractivity contribution in [1.82, 2.24) is 4.98 Å². The zero-order chi connectivity index (χ0) is 20.9. The van der Waals surface area contributed by atoms with Gasteiger partial charge in [-0.2, -0.15) is 0 Å². The zero-order valence-electron chi connectivity index (χ0n) is 16.9. The number of aromatic nitrogens is 1. The van der Waals surface area contributed by atoms with Crippen molar-refractivity contribution in [2.24, 2.45) is 0 Å². The van der Waals surface area contributed by atoms with Gasteiger partial charge < -0.3 is 19.5 Å². The first-order valence-electron chi connectivity index (χ1n) is 10.1. The van der Waals surface area contributed by atoms with E-state index in [4.69, 9.17) is 21.1 Å². The molecule has 4 rings (SSSR count). The average Bonchev–Trinajstić information content (AvgIpc) is 3.20. The molecule has 6 heteroatoms. The highest BCUT2D eigenvalue weighted by Gasteiger charge is 2.26. The van der Waals surface area contributed by atoms with E-state index in [9.17, 15) is 5.11 Å². The van der Waals surface area contributed by atoms with E-state index < -0.39 is 0 Å². The van der Waals surface area contributed by atoms with Gasteiger partial charge in [-0.3, -0.25) is 0 Å². The van der Waals surface area contributed by atoms with Gasteiger partial charge in [-0.15, -0.1) is 0 Å². The fraction of sp³-hybridized carbons (Fsp3) is 0.292. The van der Waals surface area contributed by atoms with E-state index in [-0.39, 0.29) is 12.7 Å². The summed E-state index contributed by atoms with van der Waals surface area (Å²) in [4.78, 5) is 6.50. The maximum absolute atomic E-state index is 9.58. The molecule has 5 nitrogen and oxygen atoms in total. The summed E-state index contributed by atoms with van der Waals surface area (Å²) in [5.74, 6) is 2.08. The first-order valence-corrected chi connectivity index (χ1v) is 10.5. The number of pyridine rings is 1. The van der Waals surface area contributed by atoms with Crippen LogP contribution >= 0.6 is 11.6 Å². The van der Waals surface area contributed by atoms with E-state index in [0.717, 1.165) is 47.8 Å². The Morgan fingerprint density at radius 3 is 2.83 bits per heavy atom. The molecule has 2 heterocycles. The third kappa shape index (κ3) is 4.69. The highest BCUT2D eigenvalue weighted by molar-refractivity contribution is 6.31. The van der Waals surface area contributed by atoms with Crippen molar-refractivity contribution in [3.05, 3.63) is 76.9 Å². The Morgan fingerprint density at radius 2 is 2.03 bits per heavy atom. The number of rotatable bonds is 7. The largest absolute Gasteiger partial charge is 0.471 e. The third-order valence-corrected chi connectivity index (χ3v) is 5.53. The van der Waals surface area contributed by atoms with Crippen molar-refractivity contribution in [3.63, 3.8) is 0 Å². The number of halogens is 1. The number of aryl methyl sites for hydroxylation is 1. The van der Waals surface area contributed by atoms with Crippen LogP contribution < -0.4 is 14.4 Å². The van der Waals surface area contributed by atoms with Crippen LogP contribution in [0.2, 0.25) is 5.02 Å². The Balaban J connectivity index is 1.49. The molecule has 0 amide bonds. The molecule has 1 atom stereocenters. The van der Waals surface area contributed by atoms with Crippen molar-refractivity contribution >= 4 is 17.3 Å². The Labute approximate surface area is 181 Å². The summed E-state index contributed by atoms with van der Waals surface area (Å²) in [6, 6.07) is 17.6. The van der Waals surface area contributed by atoms with Crippen LogP contribution in [-0.2, 0) is 6.42 Å². The van der Waals surface area contributed by atoms with Gasteiger partial charge >= 0.3 is 0 Å². The molecule has 156 valence electrons. The number of ether oxygens (including phenoxy) is 2. The summed E-state index contributed by atoms with van der Waals surface area (Å²) in [5.41, 5.74) is 3.23. The summed E-state index contributed by atoms with van der Waals surface area (Å²) in [6.45, 7) is 3.71. The summed E-state index contributed by atoms with van der Waals surface area (Å²) < 4.78 is 12.1. The molecule has 0 saturated carbocycles. The molecular weight excluding hydrogens is 400 g/mol. The number of nitrogens with zero attached hydrogens (tertiary/aromatic N) is 2. The standard InChI is InChI=1S/C24H25ClN2O3/c1-17-5-2-3-7-23(17)29-19-8-9-22(18(15-19)11-14-28)27-13-10-20(16-27)30-24-21(25)6-4-12-26-24/h2-9,12,15,20,28H,10-11,13-14,16H2,1H3. The van der Waals surface area contributed by atoms with Crippen LogP contribution in [-0.4, -0.2) is 35.9 Å². The Kier molecular flexibility index (Phi) is 6.41. The summed E-state index contributed by atoms with van der Waals surface area (Å²) in [5, 5.41) is 10.1. The second-order valence-corrected chi connectivity index (χ2v) is 7.80. The number of para-hydroxylation sites is 1. The maximum atomic E-state index is 9.58. The van der Waals surface area contributed by atoms with Crippen molar-refractivity contribution < 1.29 is 14.6 Å². The van der Waals surface area contributed by atoms with Crippen molar-refractivity contribution in [3.8, 4) is 17.4 Å². The minimum absolute atomic E-state index is 0.0160. The van der Waals surface area contributed by atoms with Gasteiger partial charge in [-0.1, -0.05) is 29.8 Å². The van der Waals surface area contributed by atoms with Crippen LogP contribution in [0.1, 0.15) is 17.5 Å². The Hall–Kier alpha value is -2.76. The second kappa shape index (κ2) is 9.37. The van der Waals surface area contributed by atoms with Gasteiger partial charge in [0.2, 0.25) is 5.88 Å². The van der Waals surface area contributed by atoms with Crippen molar-refractivity contribution in [2.45, 2.75) is 25.9 Å². The molecule has 1 aromatic heterocycles. The lowest BCUT2D eigenvalue weighted by atomic mass is 10.1. The summed E-state index contributed by atoms with van der Waals surface area (Å²) >= 11 is 6.17. The van der Waals surface area contributed by atoms with E-state index in [1.54, 1.807) is 18.3 Å². The highest BCUT2D eigenvalue weighted by Crippen LogP contribution is 2.33. The predicted molar refractivity (Wildman–Crippen MR) is 119 cm³/mol. The van der Waals surface area contributed by atoms with Crippen LogP contribution in [0.4, 0.5) is 5.69 Å². The summed E-state index contributed by atoms with van der Waals surface area (Å²) in [7, 11) is 0. The van der Waals surface area contributed by atoms with Crippen LogP contribution in [0, 0.1) is 6.92 Å². The van der Waals surface area contributed by atoms with Crippen molar-refractivity contribution in [2.75, 3.05) is 24.6 Å². The molecular formula is C24H25ClN2O3. The summed E-state index contributed by atoms with van der Waals surface area (Å²) in [6.07, 6.45) is 3.14. The van der Waals surface area contributed by atoms with Crippen LogP contribution in [0.3, 0.4) is 0 Å². The second-order valence-electron chi connectivity index (χ2n) is 7.40. The molecule has 0 radical (unpaired) electrons. The highest BCUT2D eigenvalue weighted by atomic mass is 35.5. The molecule has 3 aromatic rings. The molecule has 1 unspecified atom stereocenters. The number of benzene rings is 2. The molecule has 30 heavy (non-hydrogen) atoms. The first-order chi connectivity index (χ1) is 14.6. The van der Waals surface area contributed by atoms with Gasteiger partial charge in [0, 0.05) is 31.5 Å². The lowest BCUT2D eigenvalue weighted by Crippen LogP contribution is -2.25.